The van der Waals surface area contributed by atoms with Gasteiger partial charge in [0.1, 0.15) is 0 Å². The summed E-state index contributed by atoms with van der Waals surface area (Å²) in [5, 5.41) is 0.755. The lowest BCUT2D eigenvalue weighted by Gasteiger charge is -2.36. The van der Waals surface area contributed by atoms with Crippen LogP contribution in [0.5, 0.6) is 0 Å². The standard InChI is InChI=1S/C22H24ClN3O2/c23-18-8-4-5-9-19(18)24-12-14-25(15-13-24)20-16-21(27)26(22(20)28)11-10-17-6-2-1-3-7-17/h1-9,20H,10-16H2/p+1/t20-/m0/s1. The molecule has 6 heteroatoms. The number of carbonyl (C=O) groups excluding carboxylic acids is 2. The van der Waals surface area contributed by atoms with E-state index in [-0.39, 0.29) is 17.9 Å². The van der Waals surface area contributed by atoms with Crippen LogP contribution in [0, 0.1) is 0 Å². The van der Waals surface area contributed by atoms with E-state index in [0.29, 0.717) is 19.4 Å². The van der Waals surface area contributed by atoms with Gasteiger partial charge in [0.05, 0.1) is 43.3 Å². The van der Waals surface area contributed by atoms with E-state index in [4.69, 9.17) is 11.6 Å². The maximum atomic E-state index is 12.9. The van der Waals surface area contributed by atoms with Gasteiger partial charge in [-0.05, 0) is 24.1 Å². The zero-order valence-corrected chi connectivity index (χ0v) is 16.6. The van der Waals surface area contributed by atoms with E-state index in [0.717, 1.165) is 42.5 Å². The van der Waals surface area contributed by atoms with E-state index in [1.807, 2.05) is 54.6 Å². The molecule has 0 bridgehead atoms. The van der Waals surface area contributed by atoms with Gasteiger partial charge in [0.25, 0.3) is 5.91 Å². The van der Waals surface area contributed by atoms with Crippen LogP contribution >= 0.6 is 11.6 Å². The van der Waals surface area contributed by atoms with Crippen LogP contribution < -0.4 is 9.80 Å². The molecule has 2 aromatic carbocycles. The second-order valence-corrected chi connectivity index (χ2v) is 7.88. The van der Waals surface area contributed by atoms with Gasteiger partial charge in [0.15, 0.2) is 6.04 Å². The third-order valence-corrected chi connectivity index (χ3v) is 6.12. The van der Waals surface area contributed by atoms with Crippen molar-refractivity contribution in [3.05, 3.63) is 65.2 Å². The molecule has 2 aliphatic heterocycles. The number of anilines is 1. The molecule has 2 heterocycles. The second kappa shape index (κ2) is 8.33. The highest BCUT2D eigenvalue weighted by Gasteiger charge is 2.45. The average molecular weight is 399 g/mol. The number of carbonyl (C=O) groups is 2. The molecule has 0 saturated carbocycles. The molecule has 0 radical (unpaired) electrons. The summed E-state index contributed by atoms with van der Waals surface area (Å²) in [5.74, 6) is -0.0471. The minimum Gasteiger partial charge on any atom is -0.359 e. The lowest BCUT2D eigenvalue weighted by Crippen LogP contribution is -3.19. The van der Waals surface area contributed by atoms with Crippen LogP contribution in [0.15, 0.2) is 54.6 Å². The highest BCUT2D eigenvalue weighted by molar-refractivity contribution is 6.33. The van der Waals surface area contributed by atoms with Gasteiger partial charge in [-0.25, -0.2) is 0 Å². The van der Waals surface area contributed by atoms with Gasteiger partial charge in [0.2, 0.25) is 5.91 Å². The number of rotatable bonds is 5. The van der Waals surface area contributed by atoms with E-state index < -0.39 is 0 Å². The van der Waals surface area contributed by atoms with Gasteiger partial charge in [-0.1, -0.05) is 54.1 Å². The van der Waals surface area contributed by atoms with E-state index in [1.54, 1.807) is 0 Å². The summed E-state index contributed by atoms with van der Waals surface area (Å²) in [6.45, 7) is 3.81. The third-order valence-electron chi connectivity index (χ3n) is 5.80. The maximum Gasteiger partial charge on any atom is 0.288 e. The Balaban J connectivity index is 1.35. The molecular formula is C22H25ClN3O2+. The molecule has 2 aromatic rings. The van der Waals surface area contributed by atoms with Crippen LogP contribution in [0.4, 0.5) is 5.69 Å². The van der Waals surface area contributed by atoms with Crippen molar-refractivity contribution >= 4 is 29.1 Å². The number of para-hydroxylation sites is 1. The molecule has 0 spiro atoms. The number of piperazine rings is 1. The highest BCUT2D eigenvalue weighted by Crippen LogP contribution is 2.25. The first-order valence-corrected chi connectivity index (χ1v) is 10.2. The molecule has 2 saturated heterocycles. The smallest absolute Gasteiger partial charge is 0.288 e. The van der Waals surface area contributed by atoms with Crippen LogP contribution in [0.1, 0.15) is 12.0 Å². The lowest BCUT2D eigenvalue weighted by molar-refractivity contribution is -0.915. The minimum atomic E-state index is -0.239. The second-order valence-electron chi connectivity index (χ2n) is 7.47. The fraction of sp³-hybridized carbons (Fsp3) is 0.364. The molecule has 0 unspecified atom stereocenters. The van der Waals surface area contributed by atoms with Crippen molar-refractivity contribution < 1.29 is 14.5 Å². The Morgan fingerprint density at radius 2 is 1.64 bits per heavy atom. The fourth-order valence-corrected chi connectivity index (χ4v) is 4.47. The van der Waals surface area contributed by atoms with Gasteiger partial charge in [-0.3, -0.25) is 14.5 Å². The first-order chi connectivity index (χ1) is 13.6. The van der Waals surface area contributed by atoms with Crippen molar-refractivity contribution in [3.63, 3.8) is 0 Å². The number of imide groups is 1. The number of nitrogens with zero attached hydrogens (tertiary/aromatic N) is 2. The molecule has 4 rings (SSSR count). The quantitative estimate of drug-likeness (QED) is 0.775. The van der Waals surface area contributed by atoms with Gasteiger partial charge in [-0.15, -0.1) is 0 Å². The fourth-order valence-electron chi connectivity index (χ4n) is 4.21. The predicted molar refractivity (Wildman–Crippen MR) is 110 cm³/mol. The Hall–Kier alpha value is -2.37. The predicted octanol–water partition coefficient (Wildman–Crippen LogP) is 1.42. The number of nitrogens with one attached hydrogen (secondary N) is 1. The van der Waals surface area contributed by atoms with E-state index in [2.05, 4.69) is 4.90 Å². The summed E-state index contributed by atoms with van der Waals surface area (Å²) < 4.78 is 0. The van der Waals surface area contributed by atoms with E-state index in [9.17, 15) is 9.59 Å². The number of hydrogen-bond acceptors (Lipinski definition) is 3. The molecule has 0 aromatic heterocycles. The Morgan fingerprint density at radius 1 is 0.964 bits per heavy atom. The number of halogens is 1. The lowest BCUT2D eigenvalue weighted by atomic mass is 10.1. The molecule has 1 N–H and O–H groups in total. The Morgan fingerprint density at radius 3 is 2.36 bits per heavy atom. The SMILES string of the molecule is O=C1C[C@H]([NH+]2CCN(c3ccccc3Cl)CC2)C(=O)N1CCc1ccccc1. The molecule has 1 atom stereocenters. The van der Waals surface area contributed by atoms with Crippen LogP contribution in [0.2, 0.25) is 5.02 Å². The average Bonchev–Trinajstić information content (AvgIpc) is 3.01. The van der Waals surface area contributed by atoms with Gasteiger partial charge < -0.3 is 9.80 Å². The topological polar surface area (TPSA) is 45.1 Å². The van der Waals surface area contributed by atoms with E-state index in [1.165, 1.54) is 9.80 Å². The molecule has 0 aliphatic carbocycles. The molecular weight excluding hydrogens is 374 g/mol. The normalized spacial score (nSPS) is 20.8. The van der Waals surface area contributed by atoms with Gasteiger partial charge in [-0.2, -0.15) is 0 Å². The minimum absolute atomic E-state index is 0.0119. The maximum absolute atomic E-state index is 12.9. The van der Waals surface area contributed by atoms with Crippen molar-refractivity contribution in [2.45, 2.75) is 18.9 Å². The monoisotopic (exact) mass is 398 g/mol. The number of benzene rings is 2. The molecule has 2 amide bonds. The summed E-state index contributed by atoms with van der Waals surface area (Å²) >= 11 is 6.31. The summed E-state index contributed by atoms with van der Waals surface area (Å²) in [5.41, 5.74) is 2.19. The van der Waals surface area contributed by atoms with Crippen molar-refractivity contribution in [2.75, 3.05) is 37.6 Å². The van der Waals surface area contributed by atoms with Crippen molar-refractivity contribution in [2.24, 2.45) is 0 Å². The number of quaternary nitrogens is 1. The Bertz CT molecular complexity index is 850. The number of hydrogen-bond donors (Lipinski definition) is 1. The van der Waals surface area contributed by atoms with Crippen molar-refractivity contribution in [1.29, 1.82) is 0 Å². The Labute approximate surface area is 170 Å². The van der Waals surface area contributed by atoms with Gasteiger partial charge in [0, 0.05) is 6.54 Å². The summed E-state index contributed by atoms with van der Waals surface area (Å²) in [6, 6.07) is 17.6. The zero-order valence-electron chi connectivity index (χ0n) is 15.8. The summed E-state index contributed by atoms with van der Waals surface area (Å²) in [7, 11) is 0. The Kier molecular flexibility index (Phi) is 5.64. The van der Waals surface area contributed by atoms with Crippen LogP contribution in [0.3, 0.4) is 0 Å². The van der Waals surface area contributed by atoms with Crippen LogP contribution in [-0.2, 0) is 16.0 Å². The van der Waals surface area contributed by atoms with Crippen molar-refractivity contribution in [1.82, 2.24) is 4.90 Å². The first kappa shape index (κ1) is 19.0. The molecule has 146 valence electrons. The van der Waals surface area contributed by atoms with Crippen LogP contribution in [-0.4, -0.2) is 55.5 Å². The zero-order chi connectivity index (χ0) is 19.5. The molecule has 5 nitrogen and oxygen atoms in total. The molecule has 2 aliphatic rings. The number of likely N-dealkylation sites (tertiary alicyclic amines) is 1. The summed E-state index contributed by atoms with van der Waals surface area (Å²) in [6.07, 6.45) is 1.04. The van der Waals surface area contributed by atoms with Crippen LogP contribution in [0.25, 0.3) is 0 Å². The number of amides is 2. The van der Waals surface area contributed by atoms with Gasteiger partial charge >= 0.3 is 0 Å². The van der Waals surface area contributed by atoms with E-state index >= 15 is 0 Å². The third kappa shape index (κ3) is 3.91. The molecule has 2 fully saturated rings. The highest BCUT2D eigenvalue weighted by atomic mass is 35.5. The molecule has 28 heavy (non-hydrogen) atoms. The largest absolute Gasteiger partial charge is 0.359 e. The van der Waals surface area contributed by atoms with Crippen molar-refractivity contribution in [3.8, 4) is 0 Å². The first-order valence-electron chi connectivity index (χ1n) is 9.85. The summed E-state index contributed by atoms with van der Waals surface area (Å²) in [4.78, 5) is 30.3.